The van der Waals surface area contributed by atoms with Crippen LogP contribution >= 0.6 is 0 Å². The highest BCUT2D eigenvalue weighted by molar-refractivity contribution is 7.89. The molecule has 0 spiro atoms. The van der Waals surface area contributed by atoms with E-state index in [2.05, 4.69) is 5.32 Å². The summed E-state index contributed by atoms with van der Waals surface area (Å²) in [5, 5.41) is 5.09. The van der Waals surface area contributed by atoms with Gasteiger partial charge in [-0.3, -0.25) is 4.79 Å². The van der Waals surface area contributed by atoms with Crippen molar-refractivity contribution in [1.29, 1.82) is 0 Å². The van der Waals surface area contributed by atoms with Crippen molar-refractivity contribution in [2.24, 2.45) is 0 Å². The van der Waals surface area contributed by atoms with Crippen molar-refractivity contribution in [3.8, 4) is 11.5 Å². The molecule has 0 aliphatic carbocycles. The lowest BCUT2D eigenvalue weighted by Gasteiger charge is -2.26. The Morgan fingerprint density at radius 3 is 2.57 bits per heavy atom. The van der Waals surface area contributed by atoms with Crippen LogP contribution in [0.1, 0.15) is 12.0 Å². The number of morpholine rings is 1. The largest absolute Gasteiger partial charge is 0.496 e. The number of hydrogen-bond acceptors (Lipinski definition) is 6. The van der Waals surface area contributed by atoms with E-state index in [1.807, 2.05) is 42.5 Å². The maximum absolute atomic E-state index is 13.0. The summed E-state index contributed by atoms with van der Waals surface area (Å²) in [4.78, 5) is 12.6. The minimum absolute atomic E-state index is 0.143. The van der Waals surface area contributed by atoms with Crippen LogP contribution in [0.3, 0.4) is 0 Å². The van der Waals surface area contributed by atoms with Crippen molar-refractivity contribution < 1.29 is 27.4 Å². The van der Waals surface area contributed by atoms with Gasteiger partial charge in [0.15, 0.2) is 0 Å². The number of aryl methyl sites for hydroxylation is 1. The highest BCUT2D eigenvalue weighted by Gasteiger charge is 2.27. The van der Waals surface area contributed by atoms with Gasteiger partial charge in [0.2, 0.25) is 15.9 Å². The van der Waals surface area contributed by atoms with Crippen molar-refractivity contribution in [1.82, 2.24) is 9.62 Å². The number of nitrogens with zero attached hydrogens (tertiary/aromatic N) is 1. The van der Waals surface area contributed by atoms with Crippen LogP contribution in [0.2, 0.25) is 0 Å². The average molecular weight is 499 g/mol. The molecule has 0 radical (unpaired) electrons. The van der Waals surface area contributed by atoms with Crippen LogP contribution in [0.5, 0.6) is 11.5 Å². The number of ether oxygens (including phenoxy) is 3. The quantitative estimate of drug-likeness (QED) is 0.432. The van der Waals surface area contributed by atoms with Gasteiger partial charge in [0.1, 0.15) is 18.1 Å². The van der Waals surface area contributed by atoms with E-state index in [4.69, 9.17) is 14.2 Å². The molecule has 35 heavy (non-hydrogen) atoms. The van der Waals surface area contributed by atoms with Crippen molar-refractivity contribution in [3.05, 3.63) is 66.2 Å². The zero-order valence-corrected chi connectivity index (χ0v) is 20.6. The molecule has 9 heteroatoms. The fourth-order valence-corrected chi connectivity index (χ4v) is 5.46. The van der Waals surface area contributed by atoms with Crippen molar-refractivity contribution in [2.45, 2.75) is 17.7 Å². The zero-order chi connectivity index (χ0) is 24.7. The summed E-state index contributed by atoms with van der Waals surface area (Å²) in [6.45, 7) is 2.13. The van der Waals surface area contributed by atoms with Gasteiger partial charge in [-0.05, 0) is 53.1 Å². The number of fused-ring (bicyclic) bond motifs is 1. The molecule has 8 nitrogen and oxygen atoms in total. The summed E-state index contributed by atoms with van der Waals surface area (Å²) >= 11 is 0. The molecule has 1 N–H and O–H groups in total. The zero-order valence-electron chi connectivity index (χ0n) is 19.7. The molecule has 0 bridgehead atoms. The Morgan fingerprint density at radius 2 is 1.80 bits per heavy atom. The van der Waals surface area contributed by atoms with Crippen LogP contribution in [0, 0.1) is 0 Å². The van der Waals surface area contributed by atoms with Crippen LogP contribution in [-0.2, 0) is 26.0 Å². The first kappa shape index (κ1) is 25.0. The van der Waals surface area contributed by atoms with E-state index < -0.39 is 10.0 Å². The Hall–Kier alpha value is -3.14. The average Bonchev–Trinajstić information content (AvgIpc) is 2.90. The number of nitrogens with one attached hydrogen (secondary N) is 1. The second-order valence-electron chi connectivity index (χ2n) is 8.20. The molecular weight excluding hydrogens is 468 g/mol. The lowest BCUT2D eigenvalue weighted by Crippen LogP contribution is -2.40. The van der Waals surface area contributed by atoms with Gasteiger partial charge in [0.05, 0.1) is 31.8 Å². The van der Waals surface area contributed by atoms with Gasteiger partial charge in [-0.1, -0.05) is 30.3 Å². The number of methoxy groups -OCH3 is 1. The van der Waals surface area contributed by atoms with Crippen LogP contribution in [0.15, 0.2) is 65.6 Å². The van der Waals surface area contributed by atoms with E-state index in [0.717, 1.165) is 16.5 Å². The van der Waals surface area contributed by atoms with Crippen molar-refractivity contribution in [3.63, 3.8) is 0 Å². The minimum Gasteiger partial charge on any atom is -0.496 e. The highest BCUT2D eigenvalue weighted by atomic mass is 32.2. The van der Waals surface area contributed by atoms with Crippen LogP contribution in [0.4, 0.5) is 0 Å². The standard InChI is InChI=1S/C26H30N2O6S/c1-32-25-10-9-24(35(30,31)28-13-16-33-17-14-28)19-22(25)7-11-26(29)27-12-15-34-23-8-6-20-4-2-3-5-21(20)18-23/h2-6,8-10,18-19H,7,11-17H2,1H3,(H,27,29). The molecule has 0 atom stereocenters. The van der Waals surface area contributed by atoms with Gasteiger partial charge in [0, 0.05) is 19.5 Å². The van der Waals surface area contributed by atoms with E-state index in [1.54, 1.807) is 12.1 Å². The number of carbonyl (C=O) groups excluding carboxylic acids is 1. The van der Waals surface area contributed by atoms with Crippen LogP contribution < -0.4 is 14.8 Å². The SMILES string of the molecule is COc1ccc(S(=O)(=O)N2CCOCC2)cc1CCC(=O)NCCOc1ccc2ccccc2c1. The third kappa shape index (κ3) is 6.30. The Balaban J connectivity index is 1.29. The minimum atomic E-state index is -3.63. The van der Waals surface area contributed by atoms with Gasteiger partial charge in [0.25, 0.3) is 0 Å². The monoisotopic (exact) mass is 498 g/mol. The topological polar surface area (TPSA) is 94.2 Å². The number of hydrogen-bond donors (Lipinski definition) is 1. The number of benzene rings is 3. The molecule has 186 valence electrons. The predicted octanol–water partition coefficient (Wildman–Crippen LogP) is 3.00. The van der Waals surface area contributed by atoms with Gasteiger partial charge in [-0.15, -0.1) is 0 Å². The molecule has 0 unspecified atom stereocenters. The molecule has 1 aliphatic rings. The fourth-order valence-electron chi connectivity index (χ4n) is 4.00. The Kier molecular flexibility index (Phi) is 8.22. The first-order chi connectivity index (χ1) is 17.0. The molecule has 1 amide bonds. The van der Waals surface area contributed by atoms with Crippen LogP contribution in [-0.4, -0.2) is 65.2 Å². The maximum Gasteiger partial charge on any atom is 0.243 e. The summed E-state index contributed by atoms with van der Waals surface area (Å²) in [6.07, 6.45) is 0.556. The number of amides is 1. The van der Waals surface area contributed by atoms with Gasteiger partial charge < -0.3 is 19.5 Å². The molecule has 1 saturated heterocycles. The van der Waals surface area contributed by atoms with Crippen molar-refractivity contribution in [2.75, 3.05) is 46.6 Å². The van der Waals surface area contributed by atoms with Crippen LogP contribution in [0.25, 0.3) is 10.8 Å². The van der Waals surface area contributed by atoms with Gasteiger partial charge in [-0.2, -0.15) is 4.31 Å². The third-order valence-corrected chi connectivity index (χ3v) is 7.79. The van der Waals surface area contributed by atoms with Crippen molar-refractivity contribution >= 4 is 26.7 Å². The smallest absolute Gasteiger partial charge is 0.243 e. The molecule has 0 saturated carbocycles. The molecular formula is C26H30N2O6S. The Labute approximate surface area is 205 Å². The van der Waals surface area contributed by atoms with E-state index in [-0.39, 0.29) is 17.2 Å². The van der Waals surface area contributed by atoms with E-state index in [0.29, 0.717) is 57.2 Å². The first-order valence-electron chi connectivity index (χ1n) is 11.6. The van der Waals surface area contributed by atoms with Gasteiger partial charge >= 0.3 is 0 Å². The van der Waals surface area contributed by atoms with E-state index in [1.165, 1.54) is 17.5 Å². The normalized spacial score (nSPS) is 14.5. The molecule has 0 aromatic heterocycles. The molecule has 1 aliphatic heterocycles. The molecule has 4 rings (SSSR count). The van der Waals surface area contributed by atoms with Gasteiger partial charge in [-0.25, -0.2) is 8.42 Å². The summed E-state index contributed by atoms with van der Waals surface area (Å²) in [5.41, 5.74) is 0.671. The van der Waals surface area contributed by atoms with E-state index >= 15 is 0 Å². The first-order valence-corrected chi connectivity index (χ1v) is 13.0. The second kappa shape index (κ2) is 11.5. The molecule has 1 heterocycles. The summed E-state index contributed by atoms with van der Waals surface area (Å²) in [5.74, 6) is 1.16. The number of carbonyl (C=O) groups is 1. The molecule has 3 aromatic carbocycles. The lowest BCUT2D eigenvalue weighted by molar-refractivity contribution is -0.121. The molecule has 3 aromatic rings. The predicted molar refractivity (Wildman–Crippen MR) is 133 cm³/mol. The maximum atomic E-state index is 13.0. The fraction of sp³-hybridized carbons (Fsp3) is 0.346. The second-order valence-corrected chi connectivity index (χ2v) is 10.1. The summed E-state index contributed by atoms with van der Waals surface area (Å²) in [6, 6.07) is 18.7. The summed E-state index contributed by atoms with van der Waals surface area (Å²) < 4.78 is 43.8. The van der Waals surface area contributed by atoms with E-state index in [9.17, 15) is 13.2 Å². The number of rotatable bonds is 10. The lowest BCUT2D eigenvalue weighted by atomic mass is 10.1. The highest BCUT2D eigenvalue weighted by Crippen LogP contribution is 2.26. The number of sulfonamides is 1. The summed E-state index contributed by atoms with van der Waals surface area (Å²) in [7, 11) is -2.10. The molecule has 1 fully saturated rings. The third-order valence-electron chi connectivity index (χ3n) is 5.89. The Bertz CT molecular complexity index is 1270. The Morgan fingerprint density at radius 1 is 1.03 bits per heavy atom.